The summed E-state index contributed by atoms with van der Waals surface area (Å²) in [5.41, 5.74) is 6.50. The Kier molecular flexibility index (Phi) is 5.34. The van der Waals surface area contributed by atoms with E-state index in [0.717, 1.165) is 38.5 Å². The number of nitrogens with one attached hydrogen (secondary N) is 1. The largest absolute Gasteiger partial charge is 0.392 e. The van der Waals surface area contributed by atoms with Gasteiger partial charge < -0.3 is 11.1 Å². The van der Waals surface area contributed by atoms with Crippen LogP contribution >= 0.6 is 12.2 Å². The van der Waals surface area contributed by atoms with Crippen LogP contribution in [0.15, 0.2) is 30.3 Å². The van der Waals surface area contributed by atoms with Crippen molar-refractivity contribution in [2.75, 3.05) is 0 Å². The highest BCUT2D eigenvalue weighted by molar-refractivity contribution is 7.80. The number of carbonyl (C=O) groups excluding carboxylic acids is 1. The quantitative estimate of drug-likeness (QED) is 0.822. The summed E-state index contributed by atoms with van der Waals surface area (Å²) in [6.45, 7) is 2.03. The second kappa shape index (κ2) is 7.03. The predicted octanol–water partition coefficient (Wildman–Crippen LogP) is 2.97. The number of benzene rings is 1. The maximum absolute atomic E-state index is 12.7. The van der Waals surface area contributed by atoms with Gasteiger partial charge in [0.25, 0.3) is 0 Å². The van der Waals surface area contributed by atoms with Crippen molar-refractivity contribution in [1.29, 1.82) is 0 Å². The first-order valence-corrected chi connectivity index (χ1v) is 8.10. The molecule has 0 heterocycles. The van der Waals surface area contributed by atoms with Crippen LogP contribution in [0.4, 0.5) is 0 Å². The average Bonchev–Trinajstić information content (AvgIpc) is 2.48. The van der Waals surface area contributed by atoms with E-state index < -0.39 is 5.41 Å². The second-order valence-electron chi connectivity index (χ2n) is 6.07. The Morgan fingerprint density at radius 2 is 1.90 bits per heavy atom. The lowest BCUT2D eigenvalue weighted by Gasteiger charge is -2.35. The Balaban J connectivity index is 2.00. The molecule has 1 saturated carbocycles. The van der Waals surface area contributed by atoms with Gasteiger partial charge in [-0.05, 0) is 31.7 Å². The zero-order chi connectivity index (χ0) is 15.3. The predicted molar refractivity (Wildman–Crippen MR) is 90.1 cm³/mol. The van der Waals surface area contributed by atoms with Gasteiger partial charge in [-0.1, -0.05) is 61.8 Å². The van der Waals surface area contributed by atoms with Crippen molar-refractivity contribution in [3.05, 3.63) is 35.9 Å². The first kappa shape index (κ1) is 16.0. The van der Waals surface area contributed by atoms with Crippen molar-refractivity contribution in [2.45, 2.75) is 51.5 Å². The molecule has 1 aromatic rings. The van der Waals surface area contributed by atoms with Crippen molar-refractivity contribution in [1.82, 2.24) is 5.32 Å². The van der Waals surface area contributed by atoms with Crippen LogP contribution in [0.25, 0.3) is 0 Å². The lowest BCUT2D eigenvalue weighted by molar-refractivity contribution is -0.129. The molecule has 4 heteroatoms. The molecule has 114 valence electrons. The third kappa shape index (κ3) is 3.82. The fourth-order valence-corrected chi connectivity index (χ4v) is 3.42. The number of hydrogen-bond donors (Lipinski definition) is 2. The molecule has 0 spiro atoms. The Bertz CT molecular complexity index is 495. The molecule has 3 nitrogen and oxygen atoms in total. The Hall–Kier alpha value is -1.42. The number of rotatable bonds is 5. The van der Waals surface area contributed by atoms with Crippen molar-refractivity contribution in [2.24, 2.45) is 11.1 Å². The number of hydrogen-bond acceptors (Lipinski definition) is 2. The summed E-state index contributed by atoms with van der Waals surface area (Å²) in [6.07, 6.45) is 5.60. The molecular weight excluding hydrogens is 280 g/mol. The van der Waals surface area contributed by atoms with Crippen molar-refractivity contribution >= 4 is 23.1 Å². The van der Waals surface area contributed by atoms with E-state index in [4.69, 9.17) is 18.0 Å². The van der Waals surface area contributed by atoms with E-state index in [1.807, 2.05) is 25.1 Å². The van der Waals surface area contributed by atoms with Crippen LogP contribution in [0.1, 0.15) is 44.6 Å². The fourth-order valence-electron chi connectivity index (χ4n) is 3.12. The Morgan fingerprint density at radius 3 is 2.48 bits per heavy atom. The van der Waals surface area contributed by atoms with Crippen LogP contribution < -0.4 is 11.1 Å². The highest BCUT2D eigenvalue weighted by atomic mass is 32.1. The molecule has 1 atom stereocenters. The number of carbonyl (C=O) groups is 1. The molecule has 1 aliphatic rings. The summed E-state index contributed by atoms with van der Waals surface area (Å²) < 4.78 is 0. The van der Waals surface area contributed by atoms with Gasteiger partial charge in [0, 0.05) is 6.04 Å². The van der Waals surface area contributed by atoms with Gasteiger partial charge in [0.1, 0.15) is 0 Å². The smallest absolute Gasteiger partial charge is 0.233 e. The normalized spacial score (nSPS) is 18.7. The molecule has 3 N–H and O–H groups in total. The fraction of sp³-hybridized carbons (Fsp3) is 0.529. The summed E-state index contributed by atoms with van der Waals surface area (Å²) in [6, 6.07) is 10.3. The van der Waals surface area contributed by atoms with Crippen LogP contribution in [0, 0.1) is 5.41 Å². The second-order valence-corrected chi connectivity index (χ2v) is 6.51. The minimum Gasteiger partial charge on any atom is -0.392 e. The molecule has 1 aliphatic carbocycles. The van der Waals surface area contributed by atoms with Gasteiger partial charge >= 0.3 is 0 Å². The summed E-state index contributed by atoms with van der Waals surface area (Å²) in [4.78, 5) is 13.0. The lowest BCUT2D eigenvalue weighted by Crippen LogP contribution is -2.52. The summed E-state index contributed by atoms with van der Waals surface area (Å²) in [5.74, 6) is 0.0122. The number of amides is 1. The van der Waals surface area contributed by atoms with Gasteiger partial charge in [0.05, 0.1) is 10.4 Å². The highest BCUT2D eigenvalue weighted by Gasteiger charge is 2.42. The Labute approximate surface area is 132 Å². The van der Waals surface area contributed by atoms with Crippen LogP contribution in [-0.4, -0.2) is 16.9 Å². The number of thiocarbonyl (C=S) groups is 1. The van der Waals surface area contributed by atoms with Crippen molar-refractivity contribution in [3.8, 4) is 0 Å². The third-order valence-electron chi connectivity index (χ3n) is 4.38. The standard InChI is InChI=1S/C17H24N2OS/c1-13(12-14-8-4-2-5-9-14)19-16(20)17(15(18)21)10-6-3-7-11-17/h2,4-5,8-9,13H,3,6-7,10-12H2,1H3,(H2,18,21)(H,19,20). The minimum atomic E-state index is -0.626. The van der Waals surface area contributed by atoms with Gasteiger partial charge in [-0.15, -0.1) is 0 Å². The third-order valence-corrected chi connectivity index (χ3v) is 4.77. The van der Waals surface area contributed by atoms with Gasteiger partial charge in [-0.25, -0.2) is 0 Å². The molecule has 1 amide bonds. The summed E-state index contributed by atoms with van der Waals surface area (Å²) >= 11 is 5.20. The van der Waals surface area contributed by atoms with Crippen molar-refractivity contribution < 1.29 is 4.79 Å². The lowest BCUT2D eigenvalue weighted by atomic mass is 9.73. The maximum Gasteiger partial charge on any atom is 0.233 e. The first-order valence-electron chi connectivity index (χ1n) is 7.69. The van der Waals surface area contributed by atoms with E-state index in [0.29, 0.717) is 4.99 Å². The van der Waals surface area contributed by atoms with E-state index >= 15 is 0 Å². The van der Waals surface area contributed by atoms with E-state index in [2.05, 4.69) is 17.4 Å². The van der Waals surface area contributed by atoms with Crippen LogP contribution in [0.3, 0.4) is 0 Å². The minimum absolute atomic E-state index is 0.0122. The van der Waals surface area contributed by atoms with E-state index in [1.165, 1.54) is 5.56 Å². The zero-order valence-corrected chi connectivity index (χ0v) is 13.4. The van der Waals surface area contributed by atoms with Crippen LogP contribution in [0.2, 0.25) is 0 Å². The van der Waals surface area contributed by atoms with Gasteiger partial charge in [0.2, 0.25) is 5.91 Å². The SMILES string of the molecule is CC(Cc1ccccc1)NC(=O)C1(C(N)=S)CCCCC1. The molecule has 0 bridgehead atoms. The summed E-state index contributed by atoms with van der Waals surface area (Å²) in [5, 5.41) is 3.11. The molecule has 21 heavy (non-hydrogen) atoms. The molecule has 1 unspecified atom stereocenters. The van der Waals surface area contributed by atoms with E-state index in [-0.39, 0.29) is 11.9 Å². The molecular formula is C17H24N2OS. The van der Waals surface area contributed by atoms with E-state index in [1.54, 1.807) is 0 Å². The van der Waals surface area contributed by atoms with Gasteiger partial charge in [-0.3, -0.25) is 4.79 Å². The Morgan fingerprint density at radius 1 is 1.29 bits per heavy atom. The average molecular weight is 304 g/mol. The molecule has 0 radical (unpaired) electrons. The van der Waals surface area contributed by atoms with Gasteiger partial charge in [0.15, 0.2) is 0 Å². The molecule has 2 rings (SSSR count). The van der Waals surface area contributed by atoms with Gasteiger partial charge in [-0.2, -0.15) is 0 Å². The summed E-state index contributed by atoms with van der Waals surface area (Å²) in [7, 11) is 0. The molecule has 1 fully saturated rings. The molecule has 0 aromatic heterocycles. The molecule has 0 aliphatic heterocycles. The monoisotopic (exact) mass is 304 g/mol. The molecule has 1 aromatic carbocycles. The molecule has 0 saturated heterocycles. The topological polar surface area (TPSA) is 55.1 Å². The van der Waals surface area contributed by atoms with Crippen LogP contribution in [-0.2, 0) is 11.2 Å². The first-order chi connectivity index (χ1) is 10.0. The van der Waals surface area contributed by atoms with E-state index in [9.17, 15) is 4.79 Å². The van der Waals surface area contributed by atoms with Crippen LogP contribution in [0.5, 0.6) is 0 Å². The highest BCUT2D eigenvalue weighted by Crippen LogP contribution is 2.37. The van der Waals surface area contributed by atoms with Crippen molar-refractivity contribution in [3.63, 3.8) is 0 Å². The zero-order valence-electron chi connectivity index (χ0n) is 12.6. The number of nitrogens with two attached hydrogens (primary N) is 1. The maximum atomic E-state index is 12.7.